The molecule has 2 aliphatic carbocycles. The van der Waals surface area contributed by atoms with Crippen LogP contribution in [0.4, 0.5) is 0 Å². The van der Waals surface area contributed by atoms with E-state index in [1.165, 1.54) is 19.3 Å². The molecule has 0 aromatic rings. The molecule has 4 atom stereocenters. The molecule has 0 aromatic carbocycles. The summed E-state index contributed by atoms with van der Waals surface area (Å²) < 4.78 is 0. The number of rotatable bonds is 1. The van der Waals surface area contributed by atoms with E-state index in [-0.39, 0.29) is 6.04 Å². The molecule has 0 bridgehead atoms. The van der Waals surface area contributed by atoms with Crippen molar-refractivity contribution < 1.29 is 0 Å². The Morgan fingerprint density at radius 2 is 2.18 bits per heavy atom. The molecule has 62 valence electrons. The van der Waals surface area contributed by atoms with Crippen molar-refractivity contribution in [3.63, 3.8) is 0 Å². The average Bonchev–Trinajstić information content (AvgIpc) is 2.74. The van der Waals surface area contributed by atoms with Crippen LogP contribution in [0.1, 0.15) is 32.6 Å². The maximum Gasteiger partial charge on any atom is 0.0947 e. The molecular weight excluding hydrogens is 138 g/mol. The number of hydrogen-bond acceptors (Lipinski definition) is 2. The Kier molecular flexibility index (Phi) is 1.70. The zero-order chi connectivity index (χ0) is 7.84. The van der Waals surface area contributed by atoms with Crippen molar-refractivity contribution >= 4 is 0 Å². The van der Waals surface area contributed by atoms with Gasteiger partial charge in [-0.05, 0) is 30.6 Å². The van der Waals surface area contributed by atoms with Crippen molar-refractivity contribution in [3.05, 3.63) is 4.91 Å². The molecule has 0 radical (unpaired) electrons. The molecule has 2 saturated carbocycles. The highest BCUT2D eigenvalue weighted by Crippen LogP contribution is 2.51. The van der Waals surface area contributed by atoms with Crippen LogP contribution in [0.5, 0.6) is 0 Å². The molecule has 2 fully saturated rings. The van der Waals surface area contributed by atoms with Gasteiger partial charge in [0.25, 0.3) is 0 Å². The van der Waals surface area contributed by atoms with Crippen molar-refractivity contribution in [1.82, 2.24) is 0 Å². The summed E-state index contributed by atoms with van der Waals surface area (Å²) in [6.45, 7) is 2.20. The van der Waals surface area contributed by atoms with Crippen LogP contribution in [0.15, 0.2) is 5.18 Å². The molecule has 0 aliphatic heterocycles. The van der Waals surface area contributed by atoms with Crippen LogP contribution in [0.3, 0.4) is 0 Å². The molecule has 0 aromatic heterocycles. The summed E-state index contributed by atoms with van der Waals surface area (Å²) in [6, 6.07) is 0.132. The molecule has 11 heavy (non-hydrogen) atoms. The first-order chi connectivity index (χ1) is 5.33. The van der Waals surface area contributed by atoms with Gasteiger partial charge in [0, 0.05) is 0 Å². The van der Waals surface area contributed by atoms with Gasteiger partial charge in [-0.15, -0.1) is 0 Å². The lowest BCUT2D eigenvalue weighted by Gasteiger charge is -2.13. The van der Waals surface area contributed by atoms with Gasteiger partial charge in [0.15, 0.2) is 0 Å². The minimum absolute atomic E-state index is 0.132. The van der Waals surface area contributed by atoms with E-state index >= 15 is 0 Å². The SMILES string of the molecule is C[C@H]1C(N=O)CCCC2CC21. The first kappa shape index (κ1) is 7.26. The maximum atomic E-state index is 10.4. The number of hydrogen-bond donors (Lipinski definition) is 0. The van der Waals surface area contributed by atoms with Crippen molar-refractivity contribution in [1.29, 1.82) is 0 Å². The third kappa shape index (κ3) is 1.19. The van der Waals surface area contributed by atoms with Gasteiger partial charge in [-0.2, -0.15) is 4.91 Å². The number of fused-ring (bicyclic) bond motifs is 1. The Balaban J connectivity index is 2.04. The smallest absolute Gasteiger partial charge is 0.0947 e. The fourth-order valence-electron chi connectivity index (χ4n) is 2.53. The predicted octanol–water partition coefficient (Wildman–Crippen LogP) is 2.58. The van der Waals surface area contributed by atoms with Crippen molar-refractivity contribution in [2.45, 2.75) is 38.6 Å². The highest BCUT2D eigenvalue weighted by molar-refractivity contribution is 4.96. The summed E-state index contributed by atoms with van der Waals surface area (Å²) in [5.74, 6) is 2.37. The van der Waals surface area contributed by atoms with Crippen molar-refractivity contribution in [2.24, 2.45) is 22.9 Å². The standard InChI is InChI=1S/C9H15NO/c1-6-8-5-7(8)3-2-4-9(6)10-11/h6-9H,2-5H2,1H3/t6-,7?,8?,9?/m1/s1. The van der Waals surface area contributed by atoms with Crippen LogP contribution in [0.2, 0.25) is 0 Å². The molecular formula is C9H15NO. The molecule has 2 nitrogen and oxygen atoms in total. The lowest BCUT2D eigenvalue weighted by Crippen LogP contribution is -2.15. The highest BCUT2D eigenvalue weighted by atomic mass is 16.3. The molecule has 2 aliphatic rings. The van der Waals surface area contributed by atoms with Gasteiger partial charge in [0.2, 0.25) is 0 Å². The predicted molar refractivity (Wildman–Crippen MR) is 44.2 cm³/mol. The van der Waals surface area contributed by atoms with Gasteiger partial charge in [0.1, 0.15) is 0 Å². The third-order valence-corrected chi connectivity index (χ3v) is 3.47. The molecule has 2 rings (SSSR count). The molecule has 0 spiro atoms. The number of nitroso groups, excluding NO2 is 1. The Labute approximate surface area is 67.3 Å². The summed E-state index contributed by atoms with van der Waals surface area (Å²) >= 11 is 0. The van der Waals surface area contributed by atoms with E-state index < -0.39 is 0 Å². The average molecular weight is 153 g/mol. The Bertz CT molecular complexity index is 169. The second-order valence-electron chi connectivity index (χ2n) is 4.12. The first-order valence-electron chi connectivity index (χ1n) is 4.65. The summed E-state index contributed by atoms with van der Waals surface area (Å²) in [5.41, 5.74) is 0. The lowest BCUT2D eigenvalue weighted by atomic mass is 9.96. The van der Waals surface area contributed by atoms with Crippen LogP contribution in [-0.4, -0.2) is 6.04 Å². The van der Waals surface area contributed by atoms with Crippen molar-refractivity contribution in [2.75, 3.05) is 0 Å². The largest absolute Gasteiger partial charge is 0.151 e. The Morgan fingerprint density at radius 3 is 2.91 bits per heavy atom. The summed E-state index contributed by atoms with van der Waals surface area (Å²) in [4.78, 5) is 10.4. The Hall–Kier alpha value is -0.400. The van der Waals surface area contributed by atoms with Gasteiger partial charge in [-0.1, -0.05) is 24.9 Å². The summed E-state index contributed by atoms with van der Waals surface area (Å²) in [5, 5.41) is 3.22. The van der Waals surface area contributed by atoms with E-state index in [1.54, 1.807) is 0 Å². The van der Waals surface area contributed by atoms with Gasteiger partial charge in [-0.25, -0.2) is 0 Å². The molecule has 0 amide bonds. The first-order valence-corrected chi connectivity index (χ1v) is 4.65. The van der Waals surface area contributed by atoms with E-state index in [0.717, 1.165) is 18.3 Å². The normalized spacial score (nSPS) is 49.2. The van der Waals surface area contributed by atoms with Gasteiger partial charge in [-0.3, -0.25) is 0 Å². The van der Waals surface area contributed by atoms with Crippen LogP contribution in [0, 0.1) is 22.7 Å². The fraction of sp³-hybridized carbons (Fsp3) is 1.00. The monoisotopic (exact) mass is 153 g/mol. The summed E-state index contributed by atoms with van der Waals surface area (Å²) in [7, 11) is 0. The van der Waals surface area contributed by atoms with E-state index in [2.05, 4.69) is 12.1 Å². The van der Waals surface area contributed by atoms with Crippen LogP contribution in [0.25, 0.3) is 0 Å². The number of nitrogens with zero attached hydrogens (tertiary/aromatic N) is 1. The third-order valence-electron chi connectivity index (χ3n) is 3.47. The second-order valence-corrected chi connectivity index (χ2v) is 4.12. The van der Waals surface area contributed by atoms with E-state index in [0.29, 0.717) is 5.92 Å². The fourth-order valence-corrected chi connectivity index (χ4v) is 2.53. The van der Waals surface area contributed by atoms with E-state index in [4.69, 9.17) is 0 Å². The van der Waals surface area contributed by atoms with Crippen LogP contribution in [-0.2, 0) is 0 Å². The topological polar surface area (TPSA) is 29.4 Å². The van der Waals surface area contributed by atoms with Crippen LogP contribution >= 0.6 is 0 Å². The van der Waals surface area contributed by atoms with Gasteiger partial charge >= 0.3 is 0 Å². The molecule has 3 unspecified atom stereocenters. The summed E-state index contributed by atoms with van der Waals surface area (Å²) in [6.07, 6.45) is 4.98. The van der Waals surface area contributed by atoms with E-state index in [1.807, 2.05) is 0 Å². The molecule has 0 heterocycles. The molecule has 0 N–H and O–H groups in total. The minimum Gasteiger partial charge on any atom is -0.151 e. The van der Waals surface area contributed by atoms with Gasteiger partial charge in [0.05, 0.1) is 6.04 Å². The molecule has 2 heteroatoms. The van der Waals surface area contributed by atoms with E-state index in [9.17, 15) is 4.91 Å². The van der Waals surface area contributed by atoms with Crippen LogP contribution < -0.4 is 0 Å². The highest BCUT2D eigenvalue weighted by Gasteiger charge is 2.45. The zero-order valence-corrected chi connectivity index (χ0v) is 6.99. The second kappa shape index (κ2) is 2.58. The minimum atomic E-state index is 0.132. The Morgan fingerprint density at radius 1 is 1.36 bits per heavy atom. The quantitative estimate of drug-likeness (QED) is 0.532. The molecule has 0 saturated heterocycles. The lowest BCUT2D eigenvalue weighted by molar-refractivity contribution is 0.396. The zero-order valence-electron chi connectivity index (χ0n) is 6.99. The van der Waals surface area contributed by atoms with Gasteiger partial charge < -0.3 is 0 Å². The maximum absolute atomic E-state index is 10.4. The van der Waals surface area contributed by atoms with Crippen molar-refractivity contribution in [3.8, 4) is 0 Å².